The van der Waals surface area contributed by atoms with Gasteiger partial charge in [-0.05, 0) is 35.4 Å². The molecule has 0 spiro atoms. The van der Waals surface area contributed by atoms with E-state index in [1.807, 2.05) is 12.1 Å². The second-order valence-electron chi connectivity index (χ2n) is 4.00. The van der Waals surface area contributed by atoms with Crippen molar-refractivity contribution in [2.24, 2.45) is 0 Å². The minimum Gasteiger partial charge on any atom is -0.507 e. The van der Waals surface area contributed by atoms with Crippen LogP contribution >= 0.6 is 0 Å². The van der Waals surface area contributed by atoms with Gasteiger partial charge in [0.1, 0.15) is 11.8 Å². The van der Waals surface area contributed by atoms with Crippen molar-refractivity contribution in [2.75, 3.05) is 7.05 Å². The molecule has 2 aromatic rings. The van der Waals surface area contributed by atoms with Crippen molar-refractivity contribution in [3.63, 3.8) is 0 Å². The number of phenols is 1. The topological polar surface area (TPSA) is 73.1 Å². The first-order chi connectivity index (χ1) is 9.15. The summed E-state index contributed by atoms with van der Waals surface area (Å²) in [5.41, 5.74) is 2.33. The molecule has 2 N–H and O–H groups in total. The summed E-state index contributed by atoms with van der Waals surface area (Å²) in [6.45, 7) is 0. The highest BCUT2D eigenvalue weighted by Crippen LogP contribution is 2.26. The van der Waals surface area contributed by atoms with Gasteiger partial charge in [-0.3, -0.25) is 4.79 Å². The van der Waals surface area contributed by atoms with Crippen molar-refractivity contribution in [1.29, 1.82) is 5.26 Å². The molecule has 0 aromatic heterocycles. The molecule has 0 saturated heterocycles. The zero-order valence-corrected chi connectivity index (χ0v) is 10.3. The van der Waals surface area contributed by atoms with E-state index in [4.69, 9.17) is 5.26 Å². The maximum absolute atomic E-state index is 11.6. The number of amides is 1. The third kappa shape index (κ3) is 2.55. The van der Waals surface area contributed by atoms with E-state index >= 15 is 0 Å². The Kier molecular flexibility index (Phi) is 3.48. The summed E-state index contributed by atoms with van der Waals surface area (Å²) in [5, 5.41) is 21.0. The van der Waals surface area contributed by atoms with E-state index in [1.165, 1.54) is 6.07 Å². The minimum absolute atomic E-state index is 0.0645. The number of phenolic OH excluding ortho intramolecular Hbond substituents is 1. The largest absolute Gasteiger partial charge is 0.507 e. The molecule has 0 aliphatic carbocycles. The maximum atomic E-state index is 11.6. The van der Waals surface area contributed by atoms with Crippen molar-refractivity contribution < 1.29 is 9.90 Å². The van der Waals surface area contributed by atoms with Gasteiger partial charge in [0.2, 0.25) is 0 Å². The van der Waals surface area contributed by atoms with Crippen molar-refractivity contribution in [1.82, 2.24) is 5.32 Å². The number of aromatic hydroxyl groups is 1. The van der Waals surface area contributed by atoms with Crippen LogP contribution in [0, 0.1) is 11.3 Å². The highest BCUT2D eigenvalue weighted by Gasteiger charge is 2.07. The molecule has 4 heteroatoms. The van der Waals surface area contributed by atoms with Gasteiger partial charge in [-0.15, -0.1) is 0 Å². The molecule has 0 aliphatic rings. The number of nitriles is 1. The zero-order chi connectivity index (χ0) is 13.8. The third-order valence-electron chi connectivity index (χ3n) is 2.80. The van der Waals surface area contributed by atoms with Gasteiger partial charge in [0.05, 0.1) is 5.56 Å². The van der Waals surface area contributed by atoms with E-state index in [2.05, 4.69) is 5.32 Å². The van der Waals surface area contributed by atoms with E-state index in [-0.39, 0.29) is 17.2 Å². The predicted octanol–water partition coefficient (Wildman–Crippen LogP) is 2.29. The van der Waals surface area contributed by atoms with Crippen LogP contribution in [0.4, 0.5) is 0 Å². The van der Waals surface area contributed by atoms with E-state index in [0.717, 1.165) is 11.1 Å². The Bertz CT molecular complexity index is 672. The monoisotopic (exact) mass is 252 g/mol. The summed E-state index contributed by atoms with van der Waals surface area (Å²) < 4.78 is 0. The smallest absolute Gasteiger partial charge is 0.251 e. The van der Waals surface area contributed by atoms with Gasteiger partial charge < -0.3 is 10.4 Å². The fourth-order valence-electron chi connectivity index (χ4n) is 1.79. The summed E-state index contributed by atoms with van der Waals surface area (Å²) in [7, 11) is 1.57. The predicted molar refractivity (Wildman–Crippen MR) is 71.6 cm³/mol. The van der Waals surface area contributed by atoms with Crippen LogP contribution < -0.4 is 5.32 Å². The molecule has 0 heterocycles. The fraction of sp³-hybridized carbons (Fsp3) is 0.0667. The van der Waals surface area contributed by atoms with Crippen molar-refractivity contribution in [3.8, 4) is 22.9 Å². The van der Waals surface area contributed by atoms with Crippen LogP contribution in [0.3, 0.4) is 0 Å². The Morgan fingerprint density at radius 3 is 2.58 bits per heavy atom. The number of nitrogens with zero attached hydrogens (tertiary/aromatic N) is 1. The van der Waals surface area contributed by atoms with Crippen LogP contribution in [0.2, 0.25) is 0 Å². The van der Waals surface area contributed by atoms with E-state index in [9.17, 15) is 9.90 Å². The first-order valence-electron chi connectivity index (χ1n) is 5.71. The lowest BCUT2D eigenvalue weighted by atomic mass is 10.0. The van der Waals surface area contributed by atoms with Crippen LogP contribution in [0.15, 0.2) is 42.5 Å². The molecule has 0 fully saturated rings. The van der Waals surface area contributed by atoms with Gasteiger partial charge in [0.25, 0.3) is 5.91 Å². The van der Waals surface area contributed by atoms with Gasteiger partial charge in [-0.1, -0.05) is 18.2 Å². The number of hydrogen-bond donors (Lipinski definition) is 2. The molecule has 0 aliphatic heterocycles. The van der Waals surface area contributed by atoms with Crippen LogP contribution in [-0.4, -0.2) is 18.1 Å². The molecule has 4 nitrogen and oxygen atoms in total. The Labute approximate surface area is 110 Å². The number of nitrogens with one attached hydrogen (secondary N) is 1. The molecule has 0 unspecified atom stereocenters. The number of carbonyl (C=O) groups excluding carboxylic acids is 1. The Morgan fingerprint density at radius 2 is 1.95 bits per heavy atom. The lowest BCUT2D eigenvalue weighted by Crippen LogP contribution is -2.17. The summed E-state index contributed by atoms with van der Waals surface area (Å²) >= 11 is 0. The Hall–Kier alpha value is -2.80. The van der Waals surface area contributed by atoms with E-state index < -0.39 is 0 Å². The first-order valence-corrected chi connectivity index (χ1v) is 5.71. The quantitative estimate of drug-likeness (QED) is 0.861. The molecular formula is C15H12N2O2. The normalized spacial score (nSPS) is 9.68. The lowest BCUT2D eigenvalue weighted by Gasteiger charge is -2.06. The molecular weight excluding hydrogens is 240 g/mol. The van der Waals surface area contributed by atoms with Crippen LogP contribution in [0.25, 0.3) is 11.1 Å². The third-order valence-corrected chi connectivity index (χ3v) is 2.80. The van der Waals surface area contributed by atoms with E-state index in [0.29, 0.717) is 5.56 Å². The summed E-state index contributed by atoms with van der Waals surface area (Å²) in [5.74, 6) is -0.231. The van der Waals surface area contributed by atoms with Crippen LogP contribution in [0.1, 0.15) is 15.9 Å². The van der Waals surface area contributed by atoms with Gasteiger partial charge in [0, 0.05) is 12.6 Å². The van der Waals surface area contributed by atoms with Crippen LogP contribution in [0.5, 0.6) is 5.75 Å². The Balaban J connectivity index is 2.45. The van der Waals surface area contributed by atoms with Gasteiger partial charge in [-0.25, -0.2) is 0 Å². The van der Waals surface area contributed by atoms with Crippen LogP contribution in [-0.2, 0) is 0 Å². The van der Waals surface area contributed by atoms with Gasteiger partial charge in [0.15, 0.2) is 0 Å². The molecule has 0 saturated carbocycles. The average Bonchev–Trinajstić information content (AvgIpc) is 2.46. The van der Waals surface area contributed by atoms with E-state index in [1.54, 1.807) is 37.4 Å². The Morgan fingerprint density at radius 1 is 1.21 bits per heavy atom. The van der Waals surface area contributed by atoms with Crippen molar-refractivity contribution in [3.05, 3.63) is 53.6 Å². The lowest BCUT2D eigenvalue weighted by molar-refractivity contribution is 0.0963. The van der Waals surface area contributed by atoms with Gasteiger partial charge >= 0.3 is 0 Å². The number of hydrogen-bond acceptors (Lipinski definition) is 3. The first kappa shape index (κ1) is 12.7. The summed E-state index contributed by atoms with van der Waals surface area (Å²) in [6.07, 6.45) is 0. The standard InChI is InChI=1S/C15H12N2O2/c1-17-15(19)12-4-2-3-10(7-12)11-5-6-13(9-16)14(18)8-11/h2-8,18H,1H3,(H,17,19). The molecule has 94 valence electrons. The van der Waals surface area contributed by atoms with Crippen molar-refractivity contribution in [2.45, 2.75) is 0 Å². The fourth-order valence-corrected chi connectivity index (χ4v) is 1.79. The maximum Gasteiger partial charge on any atom is 0.251 e. The second-order valence-corrected chi connectivity index (χ2v) is 4.00. The minimum atomic E-state index is -0.167. The number of rotatable bonds is 2. The average molecular weight is 252 g/mol. The molecule has 2 rings (SSSR count). The number of benzene rings is 2. The molecule has 2 aromatic carbocycles. The molecule has 0 atom stereocenters. The number of carbonyl (C=O) groups is 1. The highest BCUT2D eigenvalue weighted by atomic mass is 16.3. The summed E-state index contributed by atoms with van der Waals surface area (Å²) in [4.78, 5) is 11.6. The molecule has 1 amide bonds. The molecule has 0 radical (unpaired) electrons. The second kappa shape index (κ2) is 5.23. The highest BCUT2D eigenvalue weighted by molar-refractivity contribution is 5.95. The molecule has 19 heavy (non-hydrogen) atoms. The summed E-state index contributed by atoms with van der Waals surface area (Å²) in [6, 6.07) is 13.8. The zero-order valence-electron chi connectivity index (χ0n) is 10.3. The van der Waals surface area contributed by atoms with Crippen molar-refractivity contribution >= 4 is 5.91 Å². The molecule has 0 bridgehead atoms. The SMILES string of the molecule is CNC(=O)c1cccc(-c2ccc(C#N)c(O)c2)c1. The van der Waals surface area contributed by atoms with Gasteiger partial charge in [-0.2, -0.15) is 5.26 Å².